The molecule has 1 fully saturated rings. The maximum absolute atomic E-state index is 13.3. The van der Waals surface area contributed by atoms with Gasteiger partial charge in [0.2, 0.25) is 10.0 Å². The summed E-state index contributed by atoms with van der Waals surface area (Å²) < 4.78 is 28.1. The zero-order valence-corrected chi connectivity index (χ0v) is 16.8. The molecule has 0 amide bonds. The molecule has 0 aliphatic carbocycles. The second-order valence-electron chi connectivity index (χ2n) is 6.27. The second kappa shape index (κ2) is 9.17. The monoisotopic (exact) mass is 424 g/mol. The van der Waals surface area contributed by atoms with E-state index in [0.29, 0.717) is 44.2 Å². The maximum Gasteiger partial charge on any atom is 0.243 e. The first kappa shape index (κ1) is 21.2. The molecule has 2 aromatic carbocycles. The van der Waals surface area contributed by atoms with Gasteiger partial charge < -0.3 is 15.5 Å². The van der Waals surface area contributed by atoms with Crippen molar-refractivity contribution >= 4 is 26.5 Å². The molecule has 2 aromatic rings. The Morgan fingerprint density at radius 1 is 0.885 bits per heavy atom. The van der Waals surface area contributed by atoms with Gasteiger partial charge in [0.1, 0.15) is 0 Å². The van der Waals surface area contributed by atoms with Crippen LogP contribution in [0.3, 0.4) is 0 Å². The van der Waals surface area contributed by atoms with Crippen LogP contribution in [-0.2, 0) is 27.1 Å². The van der Waals surface area contributed by atoms with Gasteiger partial charge >= 0.3 is 0 Å². The molecule has 1 heterocycles. The first-order valence-corrected chi connectivity index (χ1v) is 9.91. The van der Waals surface area contributed by atoms with Gasteiger partial charge in [0, 0.05) is 47.6 Å². The predicted octanol–water partition coefficient (Wildman–Crippen LogP) is 2.66. The quantitative estimate of drug-likeness (QED) is 0.712. The van der Waals surface area contributed by atoms with E-state index in [9.17, 15) is 8.42 Å². The summed E-state index contributed by atoms with van der Waals surface area (Å²) in [5.41, 5.74) is 1.00. The molecule has 0 N–H and O–H groups in total. The van der Waals surface area contributed by atoms with Crippen LogP contribution >= 0.6 is 0 Å². The average Bonchev–Trinajstić information content (AvgIpc) is 2.74. The van der Waals surface area contributed by atoms with E-state index in [-0.39, 0.29) is 17.1 Å². The fourth-order valence-corrected chi connectivity index (χ4v) is 4.73. The van der Waals surface area contributed by atoms with Crippen molar-refractivity contribution in [2.24, 2.45) is 0 Å². The first-order valence-electron chi connectivity index (χ1n) is 8.47. The molecule has 6 nitrogen and oxygen atoms in total. The van der Waals surface area contributed by atoms with Crippen molar-refractivity contribution < 1.29 is 25.5 Å². The number of benzene rings is 2. The van der Waals surface area contributed by atoms with Gasteiger partial charge in [0.25, 0.3) is 0 Å². The van der Waals surface area contributed by atoms with Crippen LogP contribution in [-0.4, -0.2) is 66.1 Å². The summed E-state index contributed by atoms with van der Waals surface area (Å²) in [5.74, 6) is 0. The summed E-state index contributed by atoms with van der Waals surface area (Å²) in [6.07, 6.45) is 0. The standard InChI is InChI=1S/C18H24N4O2S.Cu/c1-21(2)17-7-3-6-16-15(17)5-4-8-18(16)25(23,24)22-13-11-19-9-10-20-12-14-22;/h3-8H,9-14H2,1-2H3;/q-2;/i;1+0. The van der Waals surface area contributed by atoms with Crippen LogP contribution < -0.4 is 4.90 Å². The van der Waals surface area contributed by atoms with E-state index in [1.54, 1.807) is 6.07 Å². The molecule has 0 spiro atoms. The van der Waals surface area contributed by atoms with Gasteiger partial charge in [-0.2, -0.15) is 13.1 Å². The average molecular weight is 424 g/mol. The molecule has 147 valence electrons. The van der Waals surface area contributed by atoms with Crippen molar-refractivity contribution in [3.63, 3.8) is 0 Å². The third-order valence-corrected chi connectivity index (χ3v) is 6.35. The minimum Gasteiger partial charge on any atom is -0.663 e. The van der Waals surface area contributed by atoms with Crippen molar-refractivity contribution in [1.29, 1.82) is 0 Å². The fraction of sp³-hybridized carbons (Fsp3) is 0.444. The molecule has 26 heavy (non-hydrogen) atoms. The Hall–Kier alpha value is -1.15. The van der Waals surface area contributed by atoms with Gasteiger partial charge in [-0.25, -0.2) is 12.7 Å². The van der Waals surface area contributed by atoms with E-state index < -0.39 is 10.0 Å². The Kier molecular flexibility index (Phi) is 7.46. The fourth-order valence-electron chi connectivity index (χ4n) is 3.10. The van der Waals surface area contributed by atoms with Crippen molar-refractivity contribution in [1.82, 2.24) is 4.31 Å². The van der Waals surface area contributed by atoms with E-state index in [2.05, 4.69) is 10.6 Å². The Balaban J connectivity index is 0.00000243. The van der Waals surface area contributed by atoms with Gasteiger partial charge in [-0.15, -0.1) is 13.1 Å². The van der Waals surface area contributed by atoms with E-state index in [4.69, 9.17) is 0 Å². The van der Waals surface area contributed by atoms with Crippen LogP contribution in [0.4, 0.5) is 5.69 Å². The van der Waals surface area contributed by atoms with E-state index in [1.807, 2.05) is 49.3 Å². The Labute approximate surface area is 166 Å². The van der Waals surface area contributed by atoms with E-state index in [1.165, 1.54) is 4.31 Å². The minimum absolute atomic E-state index is 0. The maximum atomic E-state index is 13.3. The number of hydrogen-bond acceptors (Lipinski definition) is 3. The summed E-state index contributed by atoms with van der Waals surface area (Å²) >= 11 is 0. The summed E-state index contributed by atoms with van der Waals surface area (Å²) in [7, 11) is 0.326. The van der Waals surface area contributed by atoms with E-state index >= 15 is 0 Å². The van der Waals surface area contributed by atoms with Gasteiger partial charge in [-0.3, -0.25) is 0 Å². The predicted molar refractivity (Wildman–Crippen MR) is 103 cm³/mol. The SMILES string of the molecule is CN(C)c1cccc2c(S(=O)(=O)N3CC[N-]CC[N-]CC3)cccc12.[64Cu]. The number of sulfonamides is 1. The molecular weight excluding hydrogens is 400 g/mol. The molecule has 0 aromatic heterocycles. The van der Waals surface area contributed by atoms with Gasteiger partial charge in [-0.05, 0) is 25.2 Å². The molecule has 0 bridgehead atoms. The molecule has 8 heteroatoms. The second-order valence-corrected chi connectivity index (χ2v) is 8.17. The van der Waals surface area contributed by atoms with Gasteiger partial charge in [0.15, 0.2) is 0 Å². The smallest absolute Gasteiger partial charge is 0.243 e. The van der Waals surface area contributed by atoms with Crippen LogP contribution in [0.1, 0.15) is 0 Å². The first-order chi connectivity index (χ1) is 12.0. The van der Waals surface area contributed by atoms with Crippen molar-refractivity contribution in [2.75, 3.05) is 58.3 Å². The number of nitrogens with zero attached hydrogens (tertiary/aromatic N) is 4. The zero-order chi connectivity index (χ0) is 17.9. The van der Waals surface area contributed by atoms with E-state index in [0.717, 1.165) is 16.5 Å². The molecule has 0 atom stereocenters. The molecule has 1 radical (unpaired) electrons. The zero-order valence-electron chi connectivity index (χ0n) is 15.0. The number of hydrogen-bond donors (Lipinski definition) is 0. The Morgan fingerprint density at radius 3 is 2.08 bits per heavy atom. The summed E-state index contributed by atoms with van der Waals surface area (Å²) in [6, 6.07) is 11.2. The van der Waals surface area contributed by atoms with Crippen LogP contribution in [0.15, 0.2) is 41.3 Å². The normalized spacial score (nSPS) is 17.0. The van der Waals surface area contributed by atoms with Crippen molar-refractivity contribution in [3.8, 4) is 0 Å². The molecule has 1 aliphatic heterocycles. The minimum atomic E-state index is -3.59. The van der Waals surface area contributed by atoms with Crippen LogP contribution in [0.5, 0.6) is 0 Å². The van der Waals surface area contributed by atoms with Crippen LogP contribution in [0, 0.1) is 0 Å². The third-order valence-electron chi connectivity index (χ3n) is 4.39. The van der Waals surface area contributed by atoms with Crippen molar-refractivity contribution in [3.05, 3.63) is 47.0 Å². The summed E-state index contributed by atoms with van der Waals surface area (Å²) in [6.45, 7) is 3.19. The molecule has 1 saturated heterocycles. The number of fused-ring (bicyclic) bond motifs is 1. The molecule has 3 rings (SSSR count). The number of rotatable bonds is 3. The molecule has 0 unspecified atom stereocenters. The molecular formula is C18H24CuN4O2S-2. The molecule has 0 saturated carbocycles. The van der Waals surface area contributed by atoms with Gasteiger partial charge in [0.05, 0.1) is 4.90 Å². The van der Waals surface area contributed by atoms with Crippen LogP contribution in [0.25, 0.3) is 21.4 Å². The number of anilines is 1. The topological polar surface area (TPSA) is 68.8 Å². The van der Waals surface area contributed by atoms with Crippen molar-refractivity contribution in [2.45, 2.75) is 4.90 Å². The largest absolute Gasteiger partial charge is 0.663 e. The Morgan fingerprint density at radius 2 is 1.46 bits per heavy atom. The Bertz CT molecular complexity index is 832. The van der Waals surface area contributed by atoms with Crippen LogP contribution in [0.2, 0.25) is 0 Å². The third kappa shape index (κ3) is 4.39. The summed E-state index contributed by atoms with van der Waals surface area (Å²) in [4.78, 5) is 2.35. The summed E-state index contributed by atoms with van der Waals surface area (Å²) in [5, 5.41) is 10.4. The molecule has 1 aliphatic rings. The van der Waals surface area contributed by atoms with Gasteiger partial charge in [-0.1, -0.05) is 24.3 Å².